The highest BCUT2D eigenvalue weighted by atomic mass is 32.1. The highest BCUT2D eigenvalue weighted by Gasteiger charge is 2.24. The van der Waals surface area contributed by atoms with Crippen molar-refractivity contribution in [1.29, 1.82) is 0 Å². The first-order valence-corrected chi connectivity index (χ1v) is 20.7. The molecule has 0 N–H and O–H groups in total. The van der Waals surface area contributed by atoms with E-state index < -0.39 is 0 Å². The summed E-state index contributed by atoms with van der Waals surface area (Å²) in [5, 5.41) is 5.64. The molecule has 0 bridgehead atoms. The van der Waals surface area contributed by atoms with E-state index in [1.54, 1.807) is 22.7 Å². The number of allylic oxidation sites excluding steroid dienone is 5. The smallest absolute Gasteiger partial charge is 0.184 e. The summed E-state index contributed by atoms with van der Waals surface area (Å²) in [5.74, 6) is 2.29. The Hall–Kier alpha value is -7.13. The van der Waals surface area contributed by atoms with E-state index in [1.165, 1.54) is 15.5 Å². The first-order valence-electron chi connectivity index (χ1n) is 19.1. The Bertz CT molecular complexity index is 3500. The molecule has 0 atom stereocenters. The Labute approximate surface area is 341 Å². The van der Waals surface area contributed by atoms with Gasteiger partial charge >= 0.3 is 0 Å². The van der Waals surface area contributed by atoms with Crippen molar-refractivity contribution in [2.75, 3.05) is 0 Å². The van der Waals surface area contributed by atoms with Gasteiger partial charge in [-0.15, -0.1) is 22.7 Å². The minimum Gasteiger partial charge on any atom is -0.309 e. The van der Waals surface area contributed by atoms with E-state index in [0.29, 0.717) is 29.0 Å². The maximum Gasteiger partial charge on any atom is 0.184 e. The number of benzene rings is 6. The van der Waals surface area contributed by atoms with Crippen molar-refractivity contribution < 1.29 is 0 Å². The van der Waals surface area contributed by atoms with Crippen LogP contribution >= 0.6 is 22.7 Å². The molecule has 0 aliphatic heterocycles. The van der Waals surface area contributed by atoms with E-state index in [1.807, 2.05) is 55.5 Å². The van der Waals surface area contributed by atoms with Gasteiger partial charge in [-0.3, -0.25) is 0 Å². The molecule has 11 rings (SSSR count). The van der Waals surface area contributed by atoms with Crippen molar-refractivity contribution in [3.63, 3.8) is 0 Å². The summed E-state index contributed by atoms with van der Waals surface area (Å²) in [7, 11) is 0. The quantitative estimate of drug-likeness (QED) is 0.151. The van der Waals surface area contributed by atoms with Gasteiger partial charge < -0.3 is 4.57 Å². The molecule has 5 aromatic heterocycles. The number of nitrogens with zero attached hydrogens (tertiary/aromatic N) is 6. The number of aromatic nitrogens is 6. The van der Waals surface area contributed by atoms with E-state index in [9.17, 15) is 0 Å². The molecule has 6 nitrogen and oxygen atoms in total. The zero-order valence-electron chi connectivity index (χ0n) is 31.3. The van der Waals surface area contributed by atoms with Crippen LogP contribution in [0.2, 0.25) is 0 Å². The molecule has 0 radical (unpaired) electrons. The van der Waals surface area contributed by atoms with Gasteiger partial charge in [-0.1, -0.05) is 128 Å². The SMILES string of the molecule is C=C/C(=C\C=C/C)n1c2ccccc2c2c(-c3nc(-c4nc(-c5ccccc5)nc(-c5cccc6c5sc5ccccc56)n4)c4sc5ccccc5c4n3)cccc21. The lowest BCUT2D eigenvalue weighted by molar-refractivity contribution is 1.06. The fraction of sp³-hybridized carbons (Fsp3) is 0.0200. The van der Waals surface area contributed by atoms with Crippen LogP contribution in [0.5, 0.6) is 0 Å². The van der Waals surface area contributed by atoms with E-state index in [-0.39, 0.29) is 0 Å². The number of fused-ring (bicyclic) bond motifs is 9. The third-order valence-electron chi connectivity index (χ3n) is 10.6. The molecule has 0 unspecified atom stereocenters. The van der Waals surface area contributed by atoms with Gasteiger partial charge in [0.2, 0.25) is 0 Å². The molecule has 0 spiro atoms. The van der Waals surface area contributed by atoms with Crippen LogP contribution in [-0.4, -0.2) is 29.5 Å². The maximum atomic E-state index is 5.48. The molecule has 58 heavy (non-hydrogen) atoms. The van der Waals surface area contributed by atoms with E-state index >= 15 is 0 Å². The van der Waals surface area contributed by atoms with Crippen LogP contribution in [0.4, 0.5) is 0 Å². The number of hydrogen-bond acceptors (Lipinski definition) is 7. The van der Waals surface area contributed by atoms with Crippen molar-refractivity contribution in [3.05, 3.63) is 170 Å². The van der Waals surface area contributed by atoms with Crippen molar-refractivity contribution in [2.24, 2.45) is 0 Å². The summed E-state index contributed by atoms with van der Waals surface area (Å²) < 4.78 is 6.68. The molecule has 8 heteroatoms. The van der Waals surface area contributed by atoms with Gasteiger partial charge in [-0.05, 0) is 49.4 Å². The standard InChI is InChI=1S/C50H32N6S2/c1-3-5-19-31(4-2)56-38-26-12-9-21-34(38)42-36(24-16-27-39(42)56)48-51-43-35-22-11-14-29-41(35)58-46(43)44(52-48)50-54-47(30-17-7-6-8-18-30)53-49(55-50)37-25-15-23-33-32-20-10-13-28-40(32)57-45(33)37/h3-29H,2H2,1H3/b5-3-,31-19+. The molecule has 0 saturated carbocycles. The van der Waals surface area contributed by atoms with Crippen LogP contribution < -0.4 is 0 Å². The molecule has 0 aliphatic rings. The normalized spacial score (nSPS) is 12.3. The Kier molecular flexibility index (Phi) is 8.13. The topological polar surface area (TPSA) is 69.4 Å². The summed E-state index contributed by atoms with van der Waals surface area (Å²) >= 11 is 3.43. The molecule has 0 fully saturated rings. The Morgan fingerprint density at radius 3 is 1.98 bits per heavy atom. The van der Waals surface area contributed by atoms with E-state index in [2.05, 4.69) is 126 Å². The Balaban J connectivity index is 1.22. The number of thiophene rings is 2. The molecule has 11 aromatic rings. The number of hydrogen-bond donors (Lipinski definition) is 0. The predicted octanol–water partition coefficient (Wildman–Crippen LogP) is 13.8. The lowest BCUT2D eigenvalue weighted by Crippen LogP contribution is -2.03. The maximum absolute atomic E-state index is 5.48. The van der Waals surface area contributed by atoms with Crippen LogP contribution in [0.3, 0.4) is 0 Å². The average Bonchev–Trinajstić information content (AvgIpc) is 3.96. The highest BCUT2D eigenvalue weighted by molar-refractivity contribution is 7.26. The third kappa shape index (κ3) is 5.41. The van der Waals surface area contributed by atoms with E-state index in [4.69, 9.17) is 24.9 Å². The first kappa shape index (κ1) is 34.1. The highest BCUT2D eigenvalue weighted by Crippen LogP contribution is 2.43. The lowest BCUT2D eigenvalue weighted by atomic mass is 10.1. The summed E-state index contributed by atoms with van der Waals surface area (Å²) in [6.45, 7) is 6.20. The first-order chi connectivity index (χ1) is 28.7. The van der Waals surface area contributed by atoms with Gasteiger partial charge in [-0.25, -0.2) is 24.9 Å². The van der Waals surface area contributed by atoms with Crippen LogP contribution in [0.25, 0.3) is 114 Å². The third-order valence-corrected chi connectivity index (χ3v) is 13.0. The zero-order chi connectivity index (χ0) is 38.7. The molecular formula is C50H32N6S2. The second kappa shape index (κ2) is 13.8. The molecule has 274 valence electrons. The number of para-hydroxylation sites is 1. The van der Waals surface area contributed by atoms with Crippen LogP contribution in [0.15, 0.2) is 170 Å². The van der Waals surface area contributed by atoms with E-state index in [0.717, 1.165) is 69.2 Å². The van der Waals surface area contributed by atoms with Gasteiger partial charge in [-0.2, -0.15) is 0 Å². The second-order valence-electron chi connectivity index (χ2n) is 14.0. The van der Waals surface area contributed by atoms with Crippen LogP contribution in [-0.2, 0) is 0 Å². The van der Waals surface area contributed by atoms with Crippen molar-refractivity contribution in [1.82, 2.24) is 29.5 Å². The summed E-state index contributed by atoms with van der Waals surface area (Å²) in [6.07, 6.45) is 8.06. The van der Waals surface area contributed by atoms with Crippen LogP contribution in [0.1, 0.15) is 6.92 Å². The van der Waals surface area contributed by atoms with Crippen LogP contribution in [0, 0.1) is 0 Å². The monoisotopic (exact) mass is 780 g/mol. The van der Waals surface area contributed by atoms with Crippen molar-refractivity contribution in [2.45, 2.75) is 6.92 Å². The zero-order valence-corrected chi connectivity index (χ0v) is 32.9. The molecule has 6 aromatic carbocycles. The van der Waals surface area contributed by atoms with Crippen molar-refractivity contribution in [3.8, 4) is 45.7 Å². The van der Waals surface area contributed by atoms with Gasteiger partial charge in [0, 0.05) is 63.4 Å². The van der Waals surface area contributed by atoms with Gasteiger partial charge in [0.15, 0.2) is 23.3 Å². The Morgan fingerprint density at radius 2 is 1.16 bits per heavy atom. The summed E-state index contributed by atoms with van der Waals surface area (Å²) in [4.78, 5) is 26.6. The fourth-order valence-electron chi connectivity index (χ4n) is 8.02. The Morgan fingerprint density at radius 1 is 0.534 bits per heavy atom. The minimum atomic E-state index is 0.500. The fourth-order valence-corrected chi connectivity index (χ4v) is 10.4. The second-order valence-corrected chi connectivity index (χ2v) is 16.1. The molecule has 5 heterocycles. The number of rotatable bonds is 7. The van der Waals surface area contributed by atoms with Gasteiger partial charge in [0.25, 0.3) is 0 Å². The summed E-state index contributed by atoms with van der Waals surface area (Å²) in [5.41, 5.74) is 7.42. The average molecular weight is 781 g/mol. The summed E-state index contributed by atoms with van der Waals surface area (Å²) in [6, 6.07) is 48.3. The molecule has 0 amide bonds. The van der Waals surface area contributed by atoms with Gasteiger partial charge in [0.05, 0.1) is 21.3 Å². The minimum absolute atomic E-state index is 0.500. The van der Waals surface area contributed by atoms with Crippen molar-refractivity contribution >= 4 is 90.7 Å². The molecular weight excluding hydrogens is 749 g/mol. The lowest BCUT2D eigenvalue weighted by Gasteiger charge is -2.11. The predicted molar refractivity (Wildman–Crippen MR) is 245 cm³/mol. The molecule has 0 aliphatic carbocycles. The largest absolute Gasteiger partial charge is 0.309 e. The van der Waals surface area contributed by atoms with Gasteiger partial charge in [0.1, 0.15) is 5.69 Å². The molecule has 0 saturated heterocycles.